The number of hydrogen-bond donors (Lipinski definition) is 0. The van der Waals surface area contributed by atoms with Crippen LogP contribution in [0.25, 0.3) is 0 Å². The van der Waals surface area contributed by atoms with Crippen molar-refractivity contribution >= 4 is 9.04 Å². The van der Waals surface area contributed by atoms with Gasteiger partial charge in [0.2, 0.25) is 0 Å². The summed E-state index contributed by atoms with van der Waals surface area (Å²) in [4.78, 5) is 4.63. The molecular formula is C22H42N2OSi. The Bertz CT molecular complexity index is 464. The lowest BCUT2D eigenvalue weighted by Gasteiger charge is -2.35. The van der Waals surface area contributed by atoms with E-state index in [0.717, 1.165) is 19.5 Å². The second kappa shape index (κ2) is 11.9. The standard InChI is InChI=1S/C22H42N2OSi/c1-20(2)25-26(18-13-21-11-9-8-10-12-21)19-22(3,14-16-23(4)5)15-17-24(6)7/h8-12,20,26H,13-19H2,1-7H3. The van der Waals surface area contributed by atoms with Crippen molar-refractivity contribution in [2.45, 2.75) is 58.2 Å². The molecule has 0 saturated carbocycles. The lowest BCUT2D eigenvalue weighted by atomic mass is 9.85. The summed E-state index contributed by atoms with van der Waals surface area (Å²) in [7, 11) is 7.48. The van der Waals surface area contributed by atoms with Crippen molar-refractivity contribution in [2.75, 3.05) is 41.3 Å². The Labute approximate surface area is 164 Å². The smallest absolute Gasteiger partial charge is 0.178 e. The Morgan fingerprint density at radius 3 is 1.96 bits per heavy atom. The summed E-state index contributed by atoms with van der Waals surface area (Å²) in [6.07, 6.45) is 4.00. The maximum atomic E-state index is 6.49. The molecule has 0 bridgehead atoms. The average molecular weight is 379 g/mol. The van der Waals surface area contributed by atoms with Gasteiger partial charge in [0.15, 0.2) is 9.04 Å². The van der Waals surface area contributed by atoms with Crippen LogP contribution in [0, 0.1) is 5.41 Å². The Morgan fingerprint density at radius 1 is 0.962 bits per heavy atom. The molecule has 1 aromatic rings. The summed E-state index contributed by atoms with van der Waals surface area (Å²) >= 11 is 0. The lowest BCUT2D eigenvalue weighted by molar-refractivity contribution is 0.199. The largest absolute Gasteiger partial charge is 0.418 e. The Morgan fingerprint density at radius 2 is 1.50 bits per heavy atom. The molecule has 0 saturated heterocycles. The van der Waals surface area contributed by atoms with E-state index < -0.39 is 9.04 Å². The molecule has 0 radical (unpaired) electrons. The van der Waals surface area contributed by atoms with Gasteiger partial charge in [-0.05, 0) is 97.5 Å². The molecule has 1 unspecified atom stereocenters. The van der Waals surface area contributed by atoms with Crippen LogP contribution in [-0.2, 0) is 10.8 Å². The maximum Gasteiger partial charge on any atom is 0.178 e. The topological polar surface area (TPSA) is 15.7 Å². The summed E-state index contributed by atoms with van der Waals surface area (Å²) in [5.41, 5.74) is 1.82. The van der Waals surface area contributed by atoms with Crippen LogP contribution in [-0.4, -0.2) is 66.2 Å². The van der Waals surface area contributed by atoms with Crippen LogP contribution in [0.3, 0.4) is 0 Å². The Hall–Kier alpha value is -0.683. The molecule has 0 N–H and O–H groups in total. The molecular weight excluding hydrogens is 336 g/mol. The van der Waals surface area contributed by atoms with E-state index >= 15 is 0 Å². The van der Waals surface area contributed by atoms with Gasteiger partial charge in [-0.15, -0.1) is 0 Å². The van der Waals surface area contributed by atoms with Crippen molar-refractivity contribution in [1.82, 2.24) is 9.80 Å². The van der Waals surface area contributed by atoms with Crippen LogP contribution < -0.4 is 0 Å². The Balaban J connectivity index is 2.75. The van der Waals surface area contributed by atoms with Crippen molar-refractivity contribution in [2.24, 2.45) is 5.41 Å². The van der Waals surface area contributed by atoms with Gasteiger partial charge in [-0.25, -0.2) is 0 Å². The first kappa shape index (κ1) is 23.4. The highest BCUT2D eigenvalue weighted by atomic mass is 28.3. The van der Waals surface area contributed by atoms with Crippen LogP contribution in [0.2, 0.25) is 12.1 Å². The molecule has 1 rings (SSSR count). The van der Waals surface area contributed by atoms with Crippen LogP contribution in [0.5, 0.6) is 0 Å². The van der Waals surface area contributed by atoms with Crippen LogP contribution >= 0.6 is 0 Å². The number of rotatable bonds is 13. The van der Waals surface area contributed by atoms with E-state index in [1.54, 1.807) is 0 Å². The summed E-state index contributed by atoms with van der Waals surface area (Å²) in [6, 6.07) is 13.4. The van der Waals surface area contributed by atoms with Crippen molar-refractivity contribution in [1.29, 1.82) is 0 Å². The fourth-order valence-electron chi connectivity index (χ4n) is 3.44. The highest BCUT2D eigenvalue weighted by Gasteiger charge is 2.30. The molecule has 0 spiro atoms. The molecule has 0 aliphatic rings. The van der Waals surface area contributed by atoms with Gasteiger partial charge >= 0.3 is 0 Å². The molecule has 1 atom stereocenters. The molecule has 150 valence electrons. The van der Waals surface area contributed by atoms with Gasteiger partial charge < -0.3 is 14.2 Å². The van der Waals surface area contributed by atoms with E-state index in [4.69, 9.17) is 4.43 Å². The second-order valence-corrected chi connectivity index (χ2v) is 11.5. The third-order valence-corrected chi connectivity index (χ3v) is 8.41. The molecule has 0 aliphatic carbocycles. The van der Waals surface area contributed by atoms with Gasteiger partial charge in [-0.3, -0.25) is 0 Å². The minimum absolute atomic E-state index is 0.342. The van der Waals surface area contributed by atoms with E-state index in [-0.39, 0.29) is 0 Å². The Kier molecular flexibility index (Phi) is 10.7. The third kappa shape index (κ3) is 10.5. The first-order chi connectivity index (χ1) is 12.2. The lowest BCUT2D eigenvalue weighted by Crippen LogP contribution is -2.35. The highest BCUT2D eigenvalue weighted by Crippen LogP contribution is 2.34. The molecule has 0 aliphatic heterocycles. The summed E-state index contributed by atoms with van der Waals surface area (Å²) in [6.45, 7) is 9.20. The monoisotopic (exact) mass is 378 g/mol. The molecule has 3 nitrogen and oxygen atoms in total. The molecule has 4 heteroatoms. The first-order valence-corrected chi connectivity index (χ1v) is 12.3. The number of aryl methyl sites for hydroxylation is 1. The number of nitrogens with zero attached hydrogens (tertiary/aromatic N) is 2. The average Bonchev–Trinajstić information content (AvgIpc) is 2.57. The van der Waals surface area contributed by atoms with Crippen molar-refractivity contribution in [3.8, 4) is 0 Å². The molecule has 0 aromatic heterocycles. The molecule has 26 heavy (non-hydrogen) atoms. The van der Waals surface area contributed by atoms with Gasteiger partial charge in [0, 0.05) is 6.10 Å². The zero-order chi connectivity index (χ0) is 19.6. The minimum Gasteiger partial charge on any atom is -0.418 e. The molecule has 0 amide bonds. The fraction of sp³-hybridized carbons (Fsp3) is 0.727. The van der Waals surface area contributed by atoms with Crippen LogP contribution in [0.4, 0.5) is 0 Å². The quantitative estimate of drug-likeness (QED) is 0.476. The van der Waals surface area contributed by atoms with Crippen LogP contribution in [0.1, 0.15) is 39.2 Å². The molecule has 0 heterocycles. The number of hydrogen-bond acceptors (Lipinski definition) is 3. The van der Waals surface area contributed by atoms with Gasteiger partial charge in [-0.2, -0.15) is 0 Å². The maximum absolute atomic E-state index is 6.49. The van der Waals surface area contributed by atoms with Gasteiger partial charge in [0.05, 0.1) is 0 Å². The normalized spacial score (nSPS) is 13.8. The van der Waals surface area contributed by atoms with Crippen molar-refractivity contribution in [3.63, 3.8) is 0 Å². The van der Waals surface area contributed by atoms with E-state index in [2.05, 4.69) is 89.1 Å². The third-order valence-electron chi connectivity index (χ3n) is 5.11. The van der Waals surface area contributed by atoms with E-state index in [9.17, 15) is 0 Å². The zero-order valence-electron chi connectivity index (χ0n) is 18.3. The second-order valence-electron chi connectivity index (χ2n) is 8.95. The van der Waals surface area contributed by atoms with E-state index in [1.807, 2.05) is 0 Å². The highest BCUT2D eigenvalue weighted by molar-refractivity contribution is 6.52. The first-order valence-electron chi connectivity index (χ1n) is 10.2. The van der Waals surface area contributed by atoms with E-state index in [1.165, 1.54) is 30.5 Å². The van der Waals surface area contributed by atoms with E-state index in [0.29, 0.717) is 11.5 Å². The van der Waals surface area contributed by atoms with Crippen molar-refractivity contribution in [3.05, 3.63) is 35.9 Å². The summed E-state index contributed by atoms with van der Waals surface area (Å²) in [5, 5.41) is 0. The molecule has 0 fully saturated rings. The van der Waals surface area contributed by atoms with Crippen LogP contribution in [0.15, 0.2) is 30.3 Å². The van der Waals surface area contributed by atoms with Gasteiger partial charge in [0.25, 0.3) is 0 Å². The summed E-state index contributed by atoms with van der Waals surface area (Å²) < 4.78 is 6.49. The SMILES string of the molecule is CC(C)O[SiH](CCc1ccccc1)CC(C)(CCN(C)C)CCN(C)C. The van der Waals surface area contributed by atoms with Gasteiger partial charge in [-0.1, -0.05) is 37.3 Å². The predicted molar refractivity (Wildman–Crippen MR) is 118 cm³/mol. The number of benzene rings is 1. The summed E-state index contributed by atoms with van der Waals surface area (Å²) in [5.74, 6) is 0. The van der Waals surface area contributed by atoms with Gasteiger partial charge in [0.1, 0.15) is 0 Å². The zero-order valence-corrected chi connectivity index (χ0v) is 19.4. The molecule has 1 aromatic carbocycles. The fourth-order valence-corrected chi connectivity index (χ4v) is 6.81. The minimum atomic E-state index is -1.25. The predicted octanol–water partition coefficient (Wildman–Crippen LogP) is 4.29. The van der Waals surface area contributed by atoms with Crippen molar-refractivity contribution < 1.29 is 4.43 Å².